The van der Waals surface area contributed by atoms with Crippen LogP contribution in [0, 0.1) is 29.1 Å². The van der Waals surface area contributed by atoms with Crippen molar-refractivity contribution in [1.82, 2.24) is 0 Å². The van der Waals surface area contributed by atoms with Crippen LogP contribution in [0.15, 0.2) is 23.8 Å². The summed E-state index contributed by atoms with van der Waals surface area (Å²) in [6, 6.07) is 0. The van der Waals surface area contributed by atoms with Crippen LogP contribution in [0.5, 0.6) is 0 Å². The van der Waals surface area contributed by atoms with Crippen molar-refractivity contribution in [1.29, 1.82) is 0 Å². The van der Waals surface area contributed by atoms with Crippen molar-refractivity contribution < 1.29 is 54.5 Å². The van der Waals surface area contributed by atoms with Gasteiger partial charge in [0.1, 0.15) is 24.6 Å². The molecular weight excluding hydrogens is 548 g/mol. The van der Waals surface area contributed by atoms with Crippen molar-refractivity contribution in [2.24, 2.45) is 29.1 Å². The molecule has 0 saturated carbocycles. The van der Waals surface area contributed by atoms with Crippen LogP contribution in [-0.4, -0.2) is 103 Å². The third kappa shape index (κ3) is 7.93. The summed E-state index contributed by atoms with van der Waals surface area (Å²) in [5.41, 5.74) is -3.78. The molecule has 11 nitrogen and oxygen atoms in total. The fourth-order valence-electron chi connectivity index (χ4n) is 5.61. The van der Waals surface area contributed by atoms with E-state index in [0.717, 1.165) is 0 Å². The number of ketones is 2. The van der Waals surface area contributed by atoms with Crippen molar-refractivity contribution >= 4 is 17.5 Å². The van der Waals surface area contributed by atoms with Crippen LogP contribution in [0.25, 0.3) is 0 Å². The highest BCUT2D eigenvalue weighted by atomic mass is 16.6. The zero-order valence-electron chi connectivity index (χ0n) is 25.9. The van der Waals surface area contributed by atoms with Crippen molar-refractivity contribution in [3.63, 3.8) is 0 Å². The minimum atomic E-state index is -2.68. The van der Waals surface area contributed by atoms with Gasteiger partial charge >= 0.3 is 5.97 Å². The Kier molecular flexibility index (Phi) is 12.2. The van der Waals surface area contributed by atoms with Crippen molar-refractivity contribution in [2.75, 3.05) is 6.61 Å². The molecule has 2 aliphatic heterocycles. The number of ether oxygens (including phenoxy) is 2. The molecule has 0 aromatic rings. The first-order chi connectivity index (χ1) is 19.3. The van der Waals surface area contributed by atoms with Gasteiger partial charge in [-0.25, -0.2) is 0 Å². The normalized spacial score (nSPS) is 42.2. The van der Waals surface area contributed by atoms with Gasteiger partial charge in [0.2, 0.25) is 0 Å². The summed E-state index contributed by atoms with van der Waals surface area (Å²) in [7, 11) is 0. The number of hydrogen-bond donors (Lipinski definition) is 6. The molecule has 0 bridgehead atoms. The standard InChI is InChI=1S/C31H50O11/c1-9-10-15(2)25-26(42-25)29(39)31(40)14-41-23(35)13-22(34)30(7,8)27(37)19(6)24(36)17(4)11-16(3)20(32)12-21(33)18(5)28(31)38/h9-11,15-16,18-22,24-26,29,32-34,36,39-40H,12-14H2,1-8H3/b10-9-,17-11+/t15-,16-,18+,19-,20-,21-,22-,24+,25-,26-,29+,31+/m1/s1. The summed E-state index contributed by atoms with van der Waals surface area (Å²) in [5.74, 6) is -5.60. The summed E-state index contributed by atoms with van der Waals surface area (Å²) >= 11 is 0. The molecule has 0 aromatic heterocycles. The van der Waals surface area contributed by atoms with Gasteiger partial charge in [-0.2, -0.15) is 0 Å². The monoisotopic (exact) mass is 598 g/mol. The number of cyclic esters (lactones) is 1. The van der Waals surface area contributed by atoms with E-state index < -0.39 is 102 Å². The fraction of sp³-hybridized carbons (Fsp3) is 0.774. The van der Waals surface area contributed by atoms with Gasteiger partial charge in [0.15, 0.2) is 11.4 Å². The first-order valence-corrected chi connectivity index (χ1v) is 14.6. The number of esters is 1. The molecule has 0 aliphatic carbocycles. The van der Waals surface area contributed by atoms with Gasteiger partial charge in [-0.1, -0.05) is 59.8 Å². The number of aliphatic hydroxyl groups excluding tert-OH is 5. The quantitative estimate of drug-likeness (QED) is 0.153. The first-order valence-electron chi connectivity index (χ1n) is 14.6. The predicted molar refractivity (Wildman–Crippen MR) is 153 cm³/mol. The molecule has 0 aromatic carbocycles. The predicted octanol–water partition coefficient (Wildman–Crippen LogP) is 0.858. The maximum atomic E-state index is 13.6. The van der Waals surface area contributed by atoms with E-state index in [0.29, 0.717) is 5.57 Å². The van der Waals surface area contributed by atoms with Gasteiger partial charge in [-0.05, 0) is 19.4 Å². The summed E-state index contributed by atoms with van der Waals surface area (Å²) in [6.07, 6.45) is -4.45. The minimum absolute atomic E-state index is 0.151. The van der Waals surface area contributed by atoms with Crippen LogP contribution < -0.4 is 0 Å². The minimum Gasteiger partial charge on any atom is -0.462 e. The van der Waals surface area contributed by atoms with E-state index in [1.54, 1.807) is 26.0 Å². The Labute approximate surface area is 248 Å². The van der Waals surface area contributed by atoms with Gasteiger partial charge in [0.05, 0.1) is 42.4 Å². The topological polar surface area (TPSA) is 194 Å². The molecule has 11 heteroatoms. The molecule has 6 N–H and O–H groups in total. The van der Waals surface area contributed by atoms with E-state index in [-0.39, 0.29) is 12.3 Å². The van der Waals surface area contributed by atoms with Crippen LogP contribution in [-0.2, 0) is 23.9 Å². The van der Waals surface area contributed by atoms with E-state index in [1.165, 1.54) is 27.7 Å². The second-order valence-electron chi connectivity index (χ2n) is 12.8. The molecule has 1 saturated heterocycles. The lowest BCUT2D eigenvalue weighted by molar-refractivity contribution is -0.178. The van der Waals surface area contributed by atoms with Gasteiger partial charge in [-0.15, -0.1) is 0 Å². The molecule has 12 atom stereocenters. The number of allylic oxidation sites excluding steroid dienone is 1. The van der Waals surface area contributed by atoms with Crippen LogP contribution in [0.3, 0.4) is 0 Å². The molecule has 240 valence electrons. The Bertz CT molecular complexity index is 1040. The highest BCUT2D eigenvalue weighted by Gasteiger charge is 2.59. The Morgan fingerprint density at radius 2 is 1.57 bits per heavy atom. The largest absolute Gasteiger partial charge is 0.462 e. The Morgan fingerprint density at radius 1 is 0.976 bits per heavy atom. The number of epoxide rings is 1. The maximum Gasteiger partial charge on any atom is 0.308 e. The molecule has 2 aliphatic rings. The van der Waals surface area contributed by atoms with E-state index in [2.05, 4.69) is 0 Å². The lowest BCUT2D eigenvalue weighted by atomic mass is 9.73. The number of Topliss-reactive ketones (excluding diaryl/α,β-unsaturated/α-hetero) is 2. The molecule has 0 amide bonds. The Morgan fingerprint density at radius 3 is 2.14 bits per heavy atom. The summed E-state index contributed by atoms with van der Waals surface area (Å²) in [6.45, 7) is 11.6. The van der Waals surface area contributed by atoms with Gasteiger partial charge < -0.3 is 40.1 Å². The van der Waals surface area contributed by atoms with Crippen LogP contribution in [0.4, 0.5) is 0 Å². The highest BCUT2D eigenvalue weighted by Crippen LogP contribution is 2.38. The third-order valence-corrected chi connectivity index (χ3v) is 9.04. The van der Waals surface area contributed by atoms with Crippen LogP contribution in [0.1, 0.15) is 68.2 Å². The average Bonchev–Trinajstić information content (AvgIpc) is 3.73. The summed E-state index contributed by atoms with van der Waals surface area (Å²) < 4.78 is 10.8. The molecule has 42 heavy (non-hydrogen) atoms. The van der Waals surface area contributed by atoms with Gasteiger partial charge in [-0.3, -0.25) is 14.4 Å². The van der Waals surface area contributed by atoms with Crippen LogP contribution >= 0.6 is 0 Å². The average molecular weight is 599 g/mol. The summed E-state index contributed by atoms with van der Waals surface area (Å²) in [5, 5.41) is 66.1. The van der Waals surface area contributed by atoms with E-state index in [4.69, 9.17) is 9.47 Å². The van der Waals surface area contributed by atoms with Crippen molar-refractivity contribution in [2.45, 2.75) is 117 Å². The third-order valence-electron chi connectivity index (χ3n) is 9.04. The smallest absolute Gasteiger partial charge is 0.308 e. The lowest BCUT2D eigenvalue weighted by Gasteiger charge is -2.35. The SMILES string of the molecule is C/C=C\[C@@H](C)[C@H]1O[C@H]1[C@H](O)[C@]1(O)COC(=O)C[C@@H](O)C(C)(C)C(=O)[C@H](C)[C@@H](O)/C(C)=C/[C@@H](C)[C@H](O)C[C@@H](O)[C@H](C)C1=O. The Hall–Kier alpha value is -1.99. The lowest BCUT2D eigenvalue weighted by Crippen LogP contribution is -2.59. The first kappa shape index (κ1) is 36.2. The van der Waals surface area contributed by atoms with E-state index in [1.807, 2.05) is 19.9 Å². The number of rotatable bonds is 4. The molecule has 2 rings (SSSR count). The van der Waals surface area contributed by atoms with Gasteiger partial charge in [0, 0.05) is 30.1 Å². The molecular formula is C31H50O11. The number of carbonyl (C=O) groups is 3. The second-order valence-corrected chi connectivity index (χ2v) is 12.8. The zero-order chi connectivity index (χ0) is 32.3. The summed E-state index contributed by atoms with van der Waals surface area (Å²) in [4.78, 5) is 39.7. The van der Waals surface area contributed by atoms with Crippen molar-refractivity contribution in [3.05, 3.63) is 23.8 Å². The number of hydrogen-bond acceptors (Lipinski definition) is 11. The fourth-order valence-corrected chi connectivity index (χ4v) is 5.61. The number of carbonyl (C=O) groups excluding carboxylic acids is 3. The molecule has 1 fully saturated rings. The Balaban J connectivity index is 2.48. The molecule has 0 spiro atoms. The maximum absolute atomic E-state index is 13.6. The number of aliphatic hydroxyl groups is 6. The van der Waals surface area contributed by atoms with E-state index in [9.17, 15) is 45.0 Å². The second kappa shape index (κ2) is 14.2. The van der Waals surface area contributed by atoms with Gasteiger partial charge in [0.25, 0.3) is 0 Å². The molecule has 0 unspecified atom stereocenters. The van der Waals surface area contributed by atoms with Crippen molar-refractivity contribution in [3.8, 4) is 0 Å². The highest BCUT2D eigenvalue weighted by molar-refractivity contribution is 5.91. The van der Waals surface area contributed by atoms with E-state index >= 15 is 0 Å². The van der Waals surface area contributed by atoms with Crippen LogP contribution in [0.2, 0.25) is 0 Å². The molecule has 0 radical (unpaired) electrons. The molecule has 2 heterocycles. The zero-order valence-corrected chi connectivity index (χ0v) is 25.9.